The van der Waals surface area contributed by atoms with Gasteiger partial charge in [0, 0.05) is 9.58 Å². The molecule has 0 N–H and O–H groups in total. The molecule has 10 heteroatoms. The van der Waals surface area contributed by atoms with Crippen LogP contribution in [0.25, 0.3) is 10.1 Å². The molecule has 0 amide bonds. The van der Waals surface area contributed by atoms with E-state index in [1.807, 2.05) is 24.3 Å². The summed E-state index contributed by atoms with van der Waals surface area (Å²) >= 11 is 7.11. The highest BCUT2D eigenvalue weighted by molar-refractivity contribution is 7.54. The van der Waals surface area contributed by atoms with Gasteiger partial charge >= 0.3 is 13.8 Å². The maximum atomic E-state index is 14.9. The number of fused-ring (bicyclic) bond motifs is 1. The Labute approximate surface area is 199 Å². The van der Waals surface area contributed by atoms with Gasteiger partial charge < -0.3 is 9.05 Å². The van der Waals surface area contributed by atoms with Crippen molar-refractivity contribution in [3.8, 4) is 0 Å². The average molecular weight is 523 g/mol. The van der Waals surface area contributed by atoms with Crippen LogP contribution in [-0.2, 0) is 26.2 Å². The van der Waals surface area contributed by atoms with E-state index in [1.54, 1.807) is 33.8 Å². The van der Waals surface area contributed by atoms with E-state index in [0.29, 0.717) is 17.0 Å². The molecule has 0 bridgehead atoms. The molecule has 0 radical (unpaired) electrons. The smallest absolute Gasteiger partial charge is 0.305 e. The van der Waals surface area contributed by atoms with Crippen molar-refractivity contribution in [1.82, 2.24) is 0 Å². The van der Waals surface area contributed by atoms with Crippen LogP contribution in [0, 0.1) is 5.82 Å². The van der Waals surface area contributed by atoms with Crippen LogP contribution in [0.4, 0.5) is 17.6 Å². The first-order valence-electron chi connectivity index (χ1n) is 10.3. The Balaban J connectivity index is 2.19. The van der Waals surface area contributed by atoms with E-state index in [-0.39, 0.29) is 12.0 Å². The van der Waals surface area contributed by atoms with Crippen molar-refractivity contribution in [2.24, 2.45) is 0 Å². The van der Waals surface area contributed by atoms with E-state index >= 15 is 0 Å². The molecule has 1 aromatic heterocycles. The van der Waals surface area contributed by atoms with Gasteiger partial charge in [0.25, 0.3) is 0 Å². The molecule has 0 saturated heterocycles. The van der Waals surface area contributed by atoms with Crippen LogP contribution >= 0.6 is 30.5 Å². The molecule has 3 nitrogen and oxygen atoms in total. The van der Waals surface area contributed by atoms with E-state index < -0.39 is 48.0 Å². The van der Waals surface area contributed by atoms with Crippen LogP contribution in [0.2, 0.25) is 5.02 Å². The lowest BCUT2D eigenvalue weighted by Gasteiger charge is -2.29. The minimum absolute atomic E-state index is 0.308. The molecule has 0 saturated carbocycles. The predicted octanol–water partition coefficient (Wildman–Crippen LogP) is 9.04. The van der Waals surface area contributed by atoms with E-state index in [0.717, 1.165) is 10.1 Å². The van der Waals surface area contributed by atoms with Crippen LogP contribution in [0.15, 0.2) is 42.5 Å². The summed E-state index contributed by atoms with van der Waals surface area (Å²) in [5.41, 5.74) is -2.42. The summed E-state index contributed by atoms with van der Waals surface area (Å²) in [4.78, 5) is 0.564. The summed E-state index contributed by atoms with van der Waals surface area (Å²) in [5, 5.41) is 0.213. The SMILES string of the molecule is CC(C)OP(=O)(OC(C)C)C(Cc1cc(C(F)(F)F)cc(Cl)c1F)c1cc2ccccc2s1. The maximum Gasteiger partial charge on any atom is 0.416 e. The van der Waals surface area contributed by atoms with Crippen molar-refractivity contribution < 1.29 is 31.2 Å². The molecule has 2 aromatic carbocycles. The summed E-state index contributed by atoms with van der Waals surface area (Å²) in [5.74, 6) is -0.989. The van der Waals surface area contributed by atoms with Gasteiger partial charge in [-0.05, 0) is 69.3 Å². The zero-order chi connectivity index (χ0) is 24.6. The third-order valence-electron chi connectivity index (χ3n) is 4.71. The van der Waals surface area contributed by atoms with Gasteiger partial charge in [-0.2, -0.15) is 13.2 Å². The average Bonchev–Trinajstić information content (AvgIpc) is 3.10. The van der Waals surface area contributed by atoms with Crippen molar-refractivity contribution in [1.29, 1.82) is 0 Å². The summed E-state index contributed by atoms with van der Waals surface area (Å²) in [6.45, 7) is 6.72. The first kappa shape index (κ1) is 26.2. The quantitative estimate of drug-likeness (QED) is 0.219. The highest BCUT2D eigenvalue weighted by Gasteiger charge is 2.41. The minimum atomic E-state index is -4.72. The van der Waals surface area contributed by atoms with Gasteiger partial charge in [-0.1, -0.05) is 29.8 Å². The summed E-state index contributed by atoms with van der Waals surface area (Å²) in [7, 11) is -3.96. The van der Waals surface area contributed by atoms with Crippen molar-refractivity contribution >= 4 is 40.6 Å². The molecule has 0 spiro atoms. The second kappa shape index (κ2) is 10.0. The third kappa shape index (κ3) is 6.17. The fraction of sp³-hybridized carbons (Fsp3) is 0.391. The van der Waals surface area contributed by atoms with Gasteiger partial charge in [0.2, 0.25) is 0 Å². The number of benzene rings is 2. The van der Waals surface area contributed by atoms with Crippen molar-refractivity contribution in [3.05, 3.63) is 69.3 Å². The first-order chi connectivity index (χ1) is 15.3. The number of alkyl halides is 3. The number of halogens is 5. The molecule has 1 heterocycles. The Hall–Kier alpha value is -1.44. The van der Waals surface area contributed by atoms with Crippen LogP contribution in [0.3, 0.4) is 0 Å². The van der Waals surface area contributed by atoms with Crippen molar-refractivity contribution in [3.63, 3.8) is 0 Å². The molecule has 3 rings (SSSR count). The van der Waals surface area contributed by atoms with Crippen LogP contribution in [-0.4, -0.2) is 12.2 Å². The molecular formula is C23H24ClF4O3PS. The maximum absolute atomic E-state index is 14.9. The molecule has 3 aromatic rings. The van der Waals surface area contributed by atoms with Crippen molar-refractivity contribution in [2.75, 3.05) is 0 Å². The summed E-state index contributed by atoms with van der Waals surface area (Å²) in [6.07, 6.45) is -6.06. The number of rotatable bonds is 8. The van der Waals surface area contributed by atoms with Crippen LogP contribution in [0.1, 0.15) is 49.4 Å². The molecule has 0 aliphatic heterocycles. The number of hydrogen-bond donors (Lipinski definition) is 0. The molecule has 1 atom stereocenters. The molecule has 0 fully saturated rings. The Bertz CT molecular complexity index is 1130. The fourth-order valence-electron chi connectivity index (χ4n) is 3.46. The topological polar surface area (TPSA) is 35.5 Å². The van der Waals surface area contributed by atoms with Gasteiger partial charge in [-0.3, -0.25) is 4.57 Å². The lowest BCUT2D eigenvalue weighted by molar-refractivity contribution is -0.137. The molecular weight excluding hydrogens is 499 g/mol. The van der Waals surface area contributed by atoms with Gasteiger partial charge in [-0.25, -0.2) is 4.39 Å². The fourth-order valence-corrected chi connectivity index (χ4v) is 7.62. The Morgan fingerprint density at radius 1 is 1.03 bits per heavy atom. The van der Waals surface area contributed by atoms with E-state index in [9.17, 15) is 22.1 Å². The highest BCUT2D eigenvalue weighted by atomic mass is 35.5. The van der Waals surface area contributed by atoms with Gasteiger partial charge in [0.05, 0.1) is 28.5 Å². The Morgan fingerprint density at radius 2 is 1.64 bits per heavy atom. The third-order valence-corrected chi connectivity index (χ3v) is 9.05. The monoisotopic (exact) mass is 522 g/mol. The second-order valence-corrected chi connectivity index (χ2v) is 11.8. The lowest BCUT2D eigenvalue weighted by atomic mass is 10.0. The summed E-state index contributed by atoms with van der Waals surface area (Å²) < 4.78 is 81.5. The van der Waals surface area contributed by atoms with Gasteiger partial charge in [0.1, 0.15) is 5.82 Å². The normalized spacial score (nSPS) is 13.9. The standard InChI is InChI=1S/C23H24ClF4O3PS/c1-13(2)30-32(29,31-14(3)4)19(21-11-15-7-5-6-8-20(15)33-21)10-16-9-17(23(26,27)28)12-18(24)22(16)25/h5-9,11-14,19H,10H2,1-4H3. The number of thiophene rings is 1. The largest absolute Gasteiger partial charge is 0.416 e. The molecule has 180 valence electrons. The second-order valence-electron chi connectivity index (χ2n) is 8.18. The van der Waals surface area contributed by atoms with Gasteiger partial charge in [0.15, 0.2) is 0 Å². The Kier molecular flexibility index (Phi) is 7.97. The summed E-state index contributed by atoms with van der Waals surface area (Å²) in [6, 6.07) is 10.5. The Morgan fingerprint density at radius 3 is 2.18 bits per heavy atom. The van der Waals surface area contributed by atoms with E-state index in [2.05, 4.69) is 0 Å². The molecule has 0 aliphatic rings. The zero-order valence-corrected chi connectivity index (χ0v) is 20.9. The van der Waals surface area contributed by atoms with Gasteiger partial charge in [-0.15, -0.1) is 11.3 Å². The van der Waals surface area contributed by atoms with Crippen molar-refractivity contribution in [2.45, 2.75) is 58.2 Å². The van der Waals surface area contributed by atoms with E-state index in [1.165, 1.54) is 11.3 Å². The van der Waals surface area contributed by atoms with Crippen LogP contribution < -0.4 is 0 Å². The molecule has 0 aliphatic carbocycles. The predicted molar refractivity (Wildman–Crippen MR) is 125 cm³/mol. The number of hydrogen-bond acceptors (Lipinski definition) is 4. The van der Waals surface area contributed by atoms with E-state index in [4.69, 9.17) is 20.6 Å². The minimum Gasteiger partial charge on any atom is -0.305 e. The molecule has 33 heavy (non-hydrogen) atoms. The zero-order valence-electron chi connectivity index (χ0n) is 18.5. The molecule has 1 unspecified atom stereocenters. The lowest BCUT2D eigenvalue weighted by Crippen LogP contribution is -2.16. The highest BCUT2D eigenvalue weighted by Crippen LogP contribution is 2.65. The van der Waals surface area contributed by atoms with Crippen LogP contribution in [0.5, 0.6) is 0 Å². The first-order valence-corrected chi connectivity index (χ1v) is 13.1.